The van der Waals surface area contributed by atoms with Crippen molar-refractivity contribution in [2.45, 2.75) is 26.6 Å². The molecule has 0 saturated heterocycles. The van der Waals surface area contributed by atoms with E-state index in [2.05, 4.69) is 5.32 Å². The van der Waals surface area contributed by atoms with E-state index in [1.54, 1.807) is 12.1 Å². The van der Waals surface area contributed by atoms with Gasteiger partial charge in [-0.1, -0.05) is 41.9 Å². The van der Waals surface area contributed by atoms with Crippen LogP contribution in [0.1, 0.15) is 32.6 Å². The van der Waals surface area contributed by atoms with Gasteiger partial charge in [0.15, 0.2) is 0 Å². The number of rotatable bonds is 6. The minimum Gasteiger partial charge on any atom is -0.321 e. The average molecular weight is 511 g/mol. The normalized spacial score (nSPS) is 11.9. The minimum absolute atomic E-state index is 0.0321. The van der Waals surface area contributed by atoms with Crippen LogP contribution in [0.4, 0.5) is 24.5 Å². The molecule has 1 N–H and O–H groups in total. The number of sulfonamides is 1. The van der Waals surface area contributed by atoms with Crippen molar-refractivity contribution in [3.63, 3.8) is 0 Å². The van der Waals surface area contributed by atoms with Gasteiger partial charge in [0.05, 0.1) is 34.8 Å². The molecule has 0 radical (unpaired) electrons. The Bertz CT molecular complexity index is 1300. The molecule has 3 aromatic carbocycles. The molecule has 3 rings (SSSR count). The quantitative estimate of drug-likeness (QED) is 0.429. The number of hydrogen-bond acceptors (Lipinski definition) is 3. The number of carbonyl (C=O) groups excluding carboxylic acids is 1. The maximum atomic E-state index is 13.0. The molecule has 0 atom stereocenters. The highest BCUT2D eigenvalue weighted by atomic mass is 35.5. The molecule has 0 spiro atoms. The van der Waals surface area contributed by atoms with Gasteiger partial charge in [0.25, 0.3) is 5.91 Å². The van der Waals surface area contributed by atoms with Crippen LogP contribution in [0.3, 0.4) is 0 Å². The maximum absolute atomic E-state index is 13.0. The zero-order valence-electron chi connectivity index (χ0n) is 18.6. The molecule has 0 saturated carbocycles. The van der Waals surface area contributed by atoms with Crippen LogP contribution in [0.5, 0.6) is 0 Å². The van der Waals surface area contributed by atoms with Gasteiger partial charge >= 0.3 is 6.18 Å². The smallest absolute Gasteiger partial charge is 0.321 e. The minimum atomic E-state index is -4.58. The third-order valence-electron chi connectivity index (χ3n) is 5.17. The number of halogens is 4. The largest absolute Gasteiger partial charge is 0.416 e. The number of benzene rings is 3. The van der Waals surface area contributed by atoms with Gasteiger partial charge in [-0.3, -0.25) is 9.10 Å². The van der Waals surface area contributed by atoms with Crippen LogP contribution >= 0.6 is 11.6 Å². The molecule has 0 bridgehead atoms. The van der Waals surface area contributed by atoms with Crippen LogP contribution in [0.2, 0.25) is 5.02 Å². The summed E-state index contributed by atoms with van der Waals surface area (Å²) in [5.74, 6) is -0.650. The molecule has 10 heteroatoms. The Morgan fingerprint density at radius 2 is 1.59 bits per heavy atom. The van der Waals surface area contributed by atoms with E-state index in [0.29, 0.717) is 11.3 Å². The molecular formula is C24H22ClF3N2O3S. The molecule has 0 aliphatic carbocycles. The van der Waals surface area contributed by atoms with Crippen LogP contribution in [0.25, 0.3) is 0 Å². The van der Waals surface area contributed by atoms with Gasteiger partial charge in [-0.2, -0.15) is 13.2 Å². The van der Waals surface area contributed by atoms with E-state index in [1.165, 1.54) is 16.4 Å². The van der Waals surface area contributed by atoms with Crippen molar-refractivity contribution < 1.29 is 26.4 Å². The lowest BCUT2D eigenvalue weighted by Crippen LogP contribution is -2.30. The van der Waals surface area contributed by atoms with E-state index in [0.717, 1.165) is 35.6 Å². The van der Waals surface area contributed by atoms with E-state index < -0.39 is 27.7 Å². The zero-order valence-corrected chi connectivity index (χ0v) is 20.1. The third-order valence-corrected chi connectivity index (χ3v) is 6.62. The molecule has 180 valence electrons. The SMILES string of the molecule is Cc1cccc(C)c1N(Cc1ccc(C(=O)Nc2cc(C(F)(F)F)ccc2Cl)cc1)S(C)(=O)=O. The Labute approximate surface area is 201 Å². The molecular weight excluding hydrogens is 489 g/mol. The number of hydrogen-bond donors (Lipinski definition) is 1. The highest BCUT2D eigenvalue weighted by Gasteiger charge is 2.31. The molecule has 1 amide bonds. The summed E-state index contributed by atoms with van der Waals surface area (Å²) in [5.41, 5.74) is 1.90. The average Bonchev–Trinajstić information content (AvgIpc) is 2.73. The molecule has 0 heterocycles. The Morgan fingerprint density at radius 3 is 2.12 bits per heavy atom. The Kier molecular flexibility index (Phi) is 7.28. The van der Waals surface area contributed by atoms with Crippen LogP contribution < -0.4 is 9.62 Å². The lowest BCUT2D eigenvalue weighted by Gasteiger charge is -2.26. The number of para-hydroxylation sites is 1. The van der Waals surface area contributed by atoms with Crippen molar-refractivity contribution in [3.05, 3.63) is 93.5 Å². The topological polar surface area (TPSA) is 66.5 Å². The molecule has 3 aromatic rings. The number of carbonyl (C=O) groups is 1. The van der Waals surface area contributed by atoms with Gasteiger partial charge in [-0.15, -0.1) is 0 Å². The number of nitrogens with one attached hydrogen (secondary N) is 1. The van der Waals surface area contributed by atoms with Gasteiger partial charge in [0.2, 0.25) is 10.0 Å². The molecule has 34 heavy (non-hydrogen) atoms. The van der Waals surface area contributed by atoms with E-state index in [9.17, 15) is 26.4 Å². The first-order valence-electron chi connectivity index (χ1n) is 10.1. The number of amides is 1. The summed E-state index contributed by atoms with van der Waals surface area (Å²) in [6.07, 6.45) is -3.45. The molecule has 0 aliphatic heterocycles. The monoisotopic (exact) mass is 510 g/mol. The molecule has 0 aromatic heterocycles. The van der Waals surface area contributed by atoms with Gasteiger partial charge in [0, 0.05) is 5.56 Å². The molecule has 0 aliphatic rings. The first-order chi connectivity index (χ1) is 15.8. The summed E-state index contributed by atoms with van der Waals surface area (Å²) < 4.78 is 65.2. The van der Waals surface area contributed by atoms with Crippen LogP contribution in [0, 0.1) is 13.8 Å². The maximum Gasteiger partial charge on any atom is 0.416 e. The van der Waals surface area contributed by atoms with E-state index in [1.807, 2.05) is 32.0 Å². The second-order valence-electron chi connectivity index (χ2n) is 7.85. The predicted molar refractivity (Wildman–Crippen MR) is 128 cm³/mol. The van der Waals surface area contributed by atoms with Crippen molar-refractivity contribution in [3.8, 4) is 0 Å². The van der Waals surface area contributed by atoms with Crippen LogP contribution in [-0.2, 0) is 22.7 Å². The summed E-state index contributed by atoms with van der Waals surface area (Å²) in [6.45, 7) is 3.70. The van der Waals surface area contributed by atoms with E-state index in [-0.39, 0.29) is 22.8 Å². The van der Waals surface area contributed by atoms with E-state index in [4.69, 9.17) is 11.6 Å². The first-order valence-corrected chi connectivity index (χ1v) is 12.3. The fraction of sp³-hybridized carbons (Fsp3) is 0.208. The highest BCUT2D eigenvalue weighted by Crippen LogP contribution is 2.34. The highest BCUT2D eigenvalue weighted by molar-refractivity contribution is 7.92. The summed E-state index contributed by atoms with van der Waals surface area (Å²) in [6, 6.07) is 14.3. The lowest BCUT2D eigenvalue weighted by molar-refractivity contribution is -0.137. The number of aryl methyl sites for hydroxylation is 2. The predicted octanol–water partition coefficient (Wildman–Crippen LogP) is 6.19. The summed E-state index contributed by atoms with van der Waals surface area (Å²) in [7, 11) is -3.60. The van der Waals surface area contributed by atoms with Crippen molar-refractivity contribution in [2.75, 3.05) is 15.9 Å². The lowest BCUT2D eigenvalue weighted by atomic mass is 10.1. The van der Waals surface area contributed by atoms with Crippen molar-refractivity contribution in [1.29, 1.82) is 0 Å². The fourth-order valence-corrected chi connectivity index (χ4v) is 4.65. The summed E-state index contributed by atoms with van der Waals surface area (Å²) >= 11 is 5.94. The number of nitrogens with zero attached hydrogens (tertiary/aromatic N) is 1. The van der Waals surface area contributed by atoms with E-state index >= 15 is 0 Å². The van der Waals surface area contributed by atoms with Crippen molar-refractivity contribution in [1.82, 2.24) is 0 Å². The third kappa shape index (κ3) is 5.90. The van der Waals surface area contributed by atoms with Crippen molar-refractivity contribution in [2.24, 2.45) is 0 Å². The molecule has 5 nitrogen and oxygen atoms in total. The second-order valence-corrected chi connectivity index (χ2v) is 10.2. The Balaban J connectivity index is 1.83. The zero-order chi connectivity index (χ0) is 25.3. The van der Waals surface area contributed by atoms with Crippen molar-refractivity contribution >= 4 is 38.9 Å². The molecule has 0 fully saturated rings. The number of anilines is 2. The fourth-order valence-electron chi connectivity index (χ4n) is 3.48. The van der Waals surface area contributed by atoms with Crippen LogP contribution in [-0.4, -0.2) is 20.6 Å². The second kappa shape index (κ2) is 9.68. The molecule has 0 unspecified atom stereocenters. The Morgan fingerprint density at radius 1 is 1.00 bits per heavy atom. The number of alkyl halides is 3. The van der Waals surface area contributed by atoms with Gasteiger partial charge in [0.1, 0.15) is 0 Å². The summed E-state index contributed by atoms with van der Waals surface area (Å²) in [5, 5.41) is 2.36. The standard InChI is InChI=1S/C24H22ClF3N2O3S/c1-15-5-4-6-16(2)22(15)30(34(3,32)33)14-17-7-9-18(10-8-17)23(31)29-21-13-19(24(26,27)28)11-12-20(21)25/h4-13H,14H2,1-3H3,(H,29,31). The van der Waals surface area contributed by atoms with Gasteiger partial charge in [-0.05, 0) is 60.9 Å². The Hall–Kier alpha value is -3.04. The van der Waals surface area contributed by atoms with Gasteiger partial charge < -0.3 is 5.32 Å². The van der Waals surface area contributed by atoms with Gasteiger partial charge in [-0.25, -0.2) is 8.42 Å². The first kappa shape index (κ1) is 25.6. The summed E-state index contributed by atoms with van der Waals surface area (Å²) in [4.78, 5) is 12.6. The van der Waals surface area contributed by atoms with Crippen LogP contribution in [0.15, 0.2) is 60.7 Å².